The van der Waals surface area contributed by atoms with Crippen LogP contribution in [0.4, 0.5) is 0 Å². The van der Waals surface area contributed by atoms with Gasteiger partial charge in [0, 0.05) is 18.5 Å². The summed E-state index contributed by atoms with van der Waals surface area (Å²) in [5.41, 5.74) is 2.99. The van der Waals surface area contributed by atoms with Crippen molar-refractivity contribution in [1.29, 1.82) is 0 Å². The van der Waals surface area contributed by atoms with E-state index in [-0.39, 0.29) is 0 Å². The van der Waals surface area contributed by atoms with Crippen molar-refractivity contribution in [2.45, 2.75) is 32.2 Å². The lowest BCUT2D eigenvalue weighted by Crippen LogP contribution is -2.14. The first kappa shape index (κ1) is 11.6. The summed E-state index contributed by atoms with van der Waals surface area (Å²) >= 11 is 1.64. The summed E-state index contributed by atoms with van der Waals surface area (Å²) in [6, 6.07) is 0. The summed E-state index contributed by atoms with van der Waals surface area (Å²) in [5, 5.41) is 14.0. The molecule has 0 saturated heterocycles. The number of aromatic nitrogens is 1. The smallest absolute Gasteiger partial charge is 0.0795 e. The van der Waals surface area contributed by atoms with Crippen molar-refractivity contribution in [3.8, 4) is 0 Å². The SMILES string of the molecule is OCCCCCCNCc1cscn1. The third-order valence-corrected chi connectivity index (χ3v) is 2.69. The molecule has 0 aliphatic rings. The first-order valence-electron chi connectivity index (χ1n) is 5.12. The Labute approximate surface area is 89.2 Å². The fraction of sp³-hybridized carbons (Fsp3) is 0.700. The molecule has 4 heteroatoms. The lowest BCUT2D eigenvalue weighted by molar-refractivity contribution is 0.282. The summed E-state index contributed by atoms with van der Waals surface area (Å²) in [6.45, 7) is 2.25. The number of thiazole rings is 1. The molecule has 1 aromatic heterocycles. The highest BCUT2D eigenvalue weighted by Crippen LogP contribution is 2.01. The van der Waals surface area contributed by atoms with E-state index in [4.69, 9.17) is 5.11 Å². The Bertz CT molecular complexity index is 214. The van der Waals surface area contributed by atoms with Crippen molar-refractivity contribution in [3.05, 3.63) is 16.6 Å². The maximum atomic E-state index is 8.57. The molecule has 0 unspecified atom stereocenters. The highest BCUT2D eigenvalue weighted by molar-refractivity contribution is 7.07. The molecule has 1 rings (SSSR count). The van der Waals surface area contributed by atoms with Gasteiger partial charge < -0.3 is 10.4 Å². The van der Waals surface area contributed by atoms with Crippen LogP contribution in [-0.2, 0) is 6.54 Å². The van der Waals surface area contributed by atoms with Gasteiger partial charge in [0.1, 0.15) is 0 Å². The van der Waals surface area contributed by atoms with E-state index in [1.807, 2.05) is 5.51 Å². The molecule has 0 radical (unpaired) electrons. The van der Waals surface area contributed by atoms with Crippen LogP contribution in [0.5, 0.6) is 0 Å². The van der Waals surface area contributed by atoms with E-state index in [1.54, 1.807) is 11.3 Å². The Morgan fingerprint density at radius 1 is 1.29 bits per heavy atom. The molecule has 1 heterocycles. The normalized spacial score (nSPS) is 10.6. The van der Waals surface area contributed by atoms with Gasteiger partial charge in [-0.05, 0) is 19.4 Å². The van der Waals surface area contributed by atoms with Gasteiger partial charge in [-0.1, -0.05) is 12.8 Å². The lowest BCUT2D eigenvalue weighted by atomic mass is 10.2. The highest BCUT2D eigenvalue weighted by Gasteiger charge is 1.93. The first-order chi connectivity index (χ1) is 6.93. The van der Waals surface area contributed by atoms with Gasteiger partial charge in [-0.2, -0.15) is 0 Å². The van der Waals surface area contributed by atoms with Crippen LogP contribution in [0.2, 0.25) is 0 Å². The van der Waals surface area contributed by atoms with Crippen LogP contribution in [0.1, 0.15) is 31.4 Å². The third kappa shape index (κ3) is 5.32. The molecule has 80 valence electrons. The molecule has 3 nitrogen and oxygen atoms in total. The Balaban J connectivity index is 1.85. The van der Waals surface area contributed by atoms with Crippen LogP contribution in [0.15, 0.2) is 10.9 Å². The van der Waals surface area contributed by atoms with Gasteiger partial charge in [0.2, 0.25) is 0 Å². The largest absolute Gasteiger partial charge is 0.396 e. The zero-order chi connectivity index (χ0) is 10.1. The van der Waals surface area contributed by atoms with Gasteiger partial charge in [-0.25, -0.2) is 4.98 Å². The van der Waals surface area contributed by atoms with Crippen LogP contribution in [0.3, 0.4) is 0 Å². The maximum absolute atomic E-state index is 8.57. The predicted molar refractivity (Wildman–Crippen MR) is 59.4 cm³/mol. The minimum atomic E-state index is 0.326. The molecule has 0 spiro atoms. The van der Waals surface area contributed by atoms with E-state index < -0.39 is 0 Å². The Morgan fingerprint density at radius 3 is 2.86 bits per heavy atom. The summed E-state index contributed by atoms with van der Waals surface area (Å²) in [5.74, 6) is 0. The number of unbranched alkanes of at least 4 members (excludes halogenated alkanes) is 3. The molecule has 0 saturated carbocycles. The monoisotopic (exact) mass is 214 g/mol. The van der Waals surface area contributed by atoms with E-state index in [0.29, 0.717) is 6.61 Å². The highest BCUT2D eigenvalue weighted by atomic mass is 32.1. The Morgan fingerprint density at radius 2 is 2.14 bits per heavy atom. The second-order valence-corrected chi connectivity index (χ2v) is 4.01. The Hall–Kier alpha value is -0.450. The average molecular weight is 214 g/mol. The molecule has 0 fully saturated rings. The van der Waals surface area contributed by atoms with Crippen LogP contribution in [-0.4, -0.2) is 23.2 Å². The summed E-state index contributed by atoms with van der Waals surface area (Å²) in [4.78, 5) is 4.19. The van der Waals surface area contributed by atoms with E-state index in [0.717, 1.165) is 31.6 Å². The van der Waals surface area contributed by atoms with Crippen LogP contribution >= 0.6 is 11.3 Å². The minimum absolute atomic E-state index is 0.326. The summed E-state index contributed by atoms with van der Waals surface area (Å²) in [7, 11) is 0. The van der Waals surface area contributed by atoms with E-state index in [9.17, 15) is 0 Å². The number of rotatable bonds is 8. The molecular weight excluding hydrogens is 196 g/mol. The molecule has 0 aromatic carbocycles. The average Bonchev–Trinajstić information content (AvgIpc) is 2.69. The fourth-order valence-corrected chi connectivity index (χ4v) is 1.82. The van der Waals surface area contributed by atoms with Crippen molar-refractivity contribution in [3.63, 3.8) is 0 Å². The second-order valence-electron chi connectivity index (χ2n) is 3.29. The second kappa shape index (κ2) is 7.91. The lowest BCUT2D eigenvalue weighted by Gasteiger charge is -2.01. The number of hydrogen-bond acceptors (Lipinski definition) is 4. The van der Waals surface area contributed by atoms with Gasteiger partial charge in [0.15, 0.2) is 0 Å². The molecule has 0 bridgehead atoms. The molecule has 0 atom stereocenters. The van der Waals surface area contributed by atoms with Crippen LogP contribution < -0.4 is 5.32 Å². The standard InChI is InChI=1S/C10H18N2OS/c13-6-4-2-1-3-5-11-7-10-8-14-9-12-10/h8-9,11,13H,1-7H2. The topological polar surface area (TPSA) is 45.1 Å². The summed E-state index contributed by atoms with van der Waals surface area (Å²) < 4.78 is 0. The zero-order valence-electron chi connectivity index (χ0n) is 8.41. The maximum Gasteiger partial charge on any atom is 0.0795 e. The third-order valence-electron chi connectivity index (χ3n) is 2.05. The van der Waals surface area contributed by atoms with Crippen LogP contribution in [0, 0.1) is 0 Å². The van der Waals surface area contributed by atoms with Crippen molar-refractivity contribution >= 4 is 11.3 Å². The van der Waals surface area contributed by atoms with E-state index >= 15 is 0 Å². The number of aliphatic hydroxyl groups excluding tert-OH is 1. The van der Waals surface area contributed by atoms with Crippen molar-refractivity contribution in [1.82, 2.24) is 10.3 Å². The quantitative estimate of drug-likeness (QED) is 0.648. The van der Waals surface area contributed by atoms with Crippen molar-refractivity contribution in [2.24, 2.45) is 0 Å². The number of nitrogens with one attached hydrogen (secondary N) is 1. The molecule has 1 aromatic rings. The van der Waals surface area contributed by atoms with Gasteiger partial charge in [0.05, 0.1) is 11.2 Å². The molecule has 0 aliphatic carbocycles. The van der Waals surface area contributed by atoms with E-state index in [1.165, 1.54) is 12.8 Å². The molecule has 0 amide bonds. The summed E-state index contributed by atoms with van der Waals surface area (Å²) in [6.07, 6.45) is 4.45. The molecule has 2 N–H and O–H groups in total. The number of nitrogens with zero attached hydrogens (tertiary/aromatic N) is 1. The predicted octanol–water partition coefficient (Wildman–Crippen LogP) is 1.79. The molecule has 14 heavy (non-hydrogen) atoms. The van der Waals surface area contributed by atoms with Gasteiger partial charge >= 0.3 is 0 Å². The van der Waals surface area contributed by atoms with Crippen LogP contribution in [0.25, 0.3) is 0 Å². The van der Waals surface area contributed by atoms with Crippen molar-refractivity contribution in [2.75, 3.05) is 13.2 Å². The van der Waals surface area contributed by atoms with Crippen molar-refractivity contribution < 1.29 is 5.11 Å². The fourth-order valence-electron chi connectivity index (χ4n) is 1.26. The number of hydrogen-bond donors (Lipinski definition) is 2. The number of aliphatic hydroxyl groups is 1. The molecular formula is C10H18N2OS. The van der Waals surface area contributed by atoms with E-state index in [2.05, 4.69) is 15.7 Å². The Kier molecular flexibility index (Phi) is 6.57. The van der Waals surface area contributed by atoms with Gasteiger partial charge in [0.25, 0.3) is 0 Å². The first-order valence-corrected chi connectivity index (χ1v) is 6.06. The molecule has 0 aliphatic heterocycles. The van der Waals surface area contributed by atoms with Gasteiger partial charge in [-0.3, -0.25) is 0 Å². The van der Waals surface area contributed by atoms with Gasteiger partial charge in [-0.15, -0.1) is 11.3 Å². The minimum Gasteiger partial charge on any atom is -0.396 e. The zero-order valence-corrected chi connectivity index (χ0v) is 9.22.